The Kier molecular flexibility index (Phi) is 4.80. The molecule has 7 aromatic carbocycles. The number of hydrogen-bond acceptors (Lipinski definition) is 3. The van der Waals surface area contributed by atoms with Crippen LogP contribution in [-0.4, -0.2) is 14.1 Å². The average Bonchev–Trinajstić information content (AvgIpc) is 3.18. The van der Waals surface area contributed by atoms with Crippen molar-refractivity contribution >= 4 is 39.8 Å². The number of para-hydroxylation sites is 7. The molecule has 0 bridgehead atoms. The Morgan fingerprint density at radius 3 is 1.02 bits per heavy atom. The maximum absolute atomic E-state index is 2.69. The predicted octanol–water partition coefficient (Wildman–Crippen LogP) is 10.6. The van der Waals surface area contributed by atoms with Crippen molar-refractivity contribution in [2.24, 2.45) is 0 Å². The summed E-state index contributed by atoms with van der Waals surface area (Å²) in [5, 5.41) is 0. The molecule has 3 nitrogen and oxygen atoms in total. The minimum Gasteiger partial charge on any atom is -0.344 e. The molecule has 50 heavy (non-hydrogen) atoms. The maximum Gasteiger partial charge on any atom is 0.0782 e. The van der Waals surface area contributed by atoms with Gasteiger partial charge in [0.15, 0.2) is 0 Å². The number of hydrogen-bond donors (Lipinski definition) is 0. The molecule has 0 saturated heterocycles. The van der Waals surface area contributed by atoms with Crippen LogP contribution in [-0.2, 0) is 17.3 Å². The van der Waals surface area contributed by atoms with Crippen molar-refractivity contribution < 1.29 is 0 Å². The third kappa shape index (κ3) is 2.75. The largest absolute Gasteiger partial charge is 0.344 e. The van der Waals surface area contributed by atoms with Gasteiger partial charge in [-0.05, 0) is 79.9 Å². The van der Waals surface area contributed by atoms with Gasteiger partial charge in [-0.2, -0.15) is 0 Å². The van der Waals surface area contributed by atoms with Crippen LogP contribution in [0, 0.1) is 0 Å². The maximum atomic E-state index is 2.69. The number of benzene rings is 7. The number of nitrogens with zero attached hydrogens (tertiary/aromatic N) is 3. The zero-order chi connectivity index (χ0) is 32.9. The van der Waals surface area contributed by atoms with E-state index in [1.54, 1.807) is 0 Å². The molecule has 0 unspecified atom stereocenters. The summed E-state index contributed by atoms with van der Waals surface area (Å²) < 4.78 is 0. The smallest absolute Gasteiger partial charge is 0.0782 e. The van der Waals surface area contributed by atoms with E-state index in [2.05, 4.69) is 180 Å². The van der Waals surface area contributed by atoms with Crippen molar-refractivity contribution in [3.8, 4) is 0 Å². The van der Waals surface area contributed by atoms with Crippen LogP contribution in [0.2, 0.25) is 0 Å². The fourth-order valence-electron chi connectivity index (χ4n) is 10.9. The quantitative estimate of drug-likeness (QED) is 0.163. The first-order valence-corrected chi connectivity index (χ1v) is 17.7. The Morgan fingerprint density at radius 2 is 0.640 bits per heavy atom. The molecule has 0 radical (unpaired) electrons. The lowest BCUT2D eigenvalue weighted by Gasteiger charge is -2.57. The van der Waals surface area contributed by atoms with Crippen LogP contribution in [0.15, 0.2) is 152 Å². The van der Waals surface area contributed by atoms with Crippen molar-refractivity contribution in [3.63, 3.8) is 0 Å². The third-order valence-corrected chi connectivity index (χ3v) is 12.6. The van der Waals surface area contributed by atoms with E-state index < -0.39 is 10.8 Å². The molecule has 0 aliphatic carbocycles. The lowest BCUT2D eigenvalue weighted by molar-refractivity contribution is 0.671. The minimum absolute atomic E-state index is 0.512. The van der Waals surface area contributed by atoms with E-state index in [1.807, 2.05) is 0 Å². The summed E-state index contributed by atoms with van der Waals surface area (Å²) in [6.07, 6.45) is 0.902. The highest BCUT2D eigenvalue weighted by atomic mass is 15.2. The molecular weight excluding hydrogens is 607 g/mol. The van der Waals surface area contributed by atoms with Crippen molar-refractivity contribution in [1.82, 2.24) is 0 Å². The zero-order valence-corrected chi connectivity index (χ0v) is 28.0. The monoisotopic (exact) mass is 639 g/mol. The molecule has 0 amide bonds. The second-order valence-corrected chi connectivity index (χ2v) is 14.5. The van der Waals surface area contributed by atoms with Gasteiger partial charge in [0, 0.05) is 43.3 Å². The van der Waals surface area contributed by atoms with E-state index >= 15 is 0 Å². The highest BCUT2D eigenvalue weighted by molar-refractivity contribution is 6.03. The minimum atomic E-state index is -0.512. The van der Waals surface area contributed by atoms with E-state index in [0.29, 0.717) is 0 Å². The molecule has 0 fully saturated rings. The van der Waals surface area contributed by atoms with Crippen LogP contribution in [0.25, 0.3) is 0 Å². The molecule has 5 aliphatic rings. The van der Waals surface area contributed by atoms with Crippen molar-refractivity contribution in [2.45, 2.75) is 17.3 Å². The van der Waals surface area contributed by atoms with Crippen LogP contribution in [0.4, 0.5) is 39.8 Å². The molecule has 5 aliphatic heterocycles. The number of rotatable bonds is 0. The normalized spacial score (nSPS) is 16.7. The van der Waals surface area contributed by atoms with Gasteiger partial charge in [0.2, 0.25) is 0 Å². The van der Waals surface area contributed by atoms with Crippen molar-refractivity contribution in [2.75, 3.05) is 28.8 Å². The summed E-state index contributed by atoms with van der Waals surface area (Å²) in [7, 11) is 4.45. The second kappa shape index (κ2) is 8.94. The van der Waals surface area contributed by atoms with E-state index in [4.69, 9.17) is 0 Å². The van der Waals surface area contributed by atoms with Gasteiger partial charge < -0.3 is 14.7 Å². The first kappa shape index (κ1) is 26.8. The van der Waals surface area contributed by atoms with Gasteiger partial charge in [0.25, 0.3) is 0 Å². The molecule has 5 heterocycles. The van der Waals surface area contributed by atoms with Crippen LogP contribution in [0.3, 0.4) is 0 Å². The third-order valence-electron chi connectivity index (χ3n) is 12.6. The molecule has 3 heteroatoms. The Bertz CT molecular complexity index is 2380. The van der Waals surface area contributed by atoms with Gasteiger partial charge in [-0.3, -0.25) is 0 Å². The van der Waals surface area contributed by atoms with Gasteiger partial charge in [-0.1, -0.05) is 127 Å². The highest BCUT2D eigenvalue weighted by Crippen LogP contribution is 2.71. The Balaban J connectivity index is 1.34. The summed E-state index contributed by atoms with van der Waals surface area (Å²) in [6, 6.07) is 57.9. The topological polar surface area (TPSA) is 9.72 Å². The average molecular weight is 640 g/mol. The number of anilines is 7. The standard InChI is InChI=1S/C47H33N3/c1-48-39-24-7-3-16-31(39)46(32-17-4-8-25-40(32)48)35-20-11-14-29-28-30-15-12-21-36-44(30)50(43(29)35)45-37(46)22-13-23-38(45)47(36)33-18-5-9-26-41(33)49(2)42-27-10-6-19-34(42)47/h3-27H,28H2,1-2H3. The van der Waals surface area contributed by atoms with Gasteiger partial charge in [-0.15, -0.1) is 0 Å². The molecule has 0 atom stereocenters. The van der Waals surface area contributed by atoms with Crippen molar-refractivity contribution in [3.05, 3.63) is 207 Å². The van der Waals surface area contributed by atoms with E-state index in [9.17, 15) is 0 Å². The highest BCUT2D eigenvalue weighted by Gasteiger charge is 2.59. The van der Waals surface area contributed by atoms with E-state index in [-0.39, 0.29) is 0 Å². The zero-order valence-electron chi connectivity index (χ0n) is 28.0. The predicted molar refractivity (Wildman–Crippen MR) is 204 cm³/mol. The SMILES string of the molecule is CN1c2ccccc2C2(c3ccccc31)c1cccc3c1N1c4c(cccc4C4(c5ccccc5N(C)c5ccccc54)c4cccc2c41)C3. The fourth-order valence-corrected chi connectivity index (χ4v) is 10.9. The van der Waals surface area contributed by atoms with Crippen LogP contribution in [0.1, 0.15) is 55.6 Å². The Labute approximate surface area is 292 Å². The lowest BCUT2D eigenvalue weighted by Crippen LogP contribution is -2.48. The fraction of sp³-hybridized carbons (Fsp3) is 0.106. The van der Waals surface area contributed by atoms with Gasteiger partial charge in [0.05, 0.1) is 27.9 Å². The van der Waals surface area contributed by atoms with Gasteiger partial charge >= 0.3 is 0 Å². The first-order chi connectivity index (χ1) is 24.7. The molecule has 12 rings (SSSR count). The van der Waals surface area contributed by atoms with Gasteiger partial charge in [-0.25, -0.2) is 0 Å². The molecule has 0 aromatic heterocycles. The lowest BCUT2D eigenvalue weighted by atomic mass is 9.54. The van der Waals surface area contributed by atoms with E-state index in [1.165, 1.54) is 95.4 Å². The molecule has 0 N–H and O–H groups in total. The second-order valence-electron chi connectivity index (χ2n) is 14.5. The first-order valence-electron chi connectivity index (χ1n) is 17.7. The summed E-state index contributed by atoms with van der Waals surface area (Å²) in [5.74, 6) is 0. The molecule has 0 saturated carbocycles. The van der Waals surface area contributed by atoms with Crippen molar-refractivity contribution in [1.29, 1.82) is 0 Å². The van der Waals surface area contributed by atoms with E-state index in [0.717, 1.165) is 6.42 Å². The summed E-state index contributed by atoms with van der Waals surface area (Å²) >= 11 is 0. The summed E-state index contributed by atoms with van der Waals surface area (Å²) in [5.41, 5.74) is 21.6. The van der Waals surface area contributed by atoms with Crippen LogP contribution >= 0.6 is 0 Å². The summed E-state index contributed by atoms with van der Waals surface area (Å²) in [4.78, 5) is 7.48. The Morgan fingerprint density at radius 1 is 0.340 bits per heavy atom. The number of fused-ring (bicyclic) bond motifs is 12. The van der Waals surface area contributed by atoms with Gasteiger partial charge in [0.1, 0.15) is 0 Å². The van der Waals surface area contributed by atoms with Crippen LogP contribution < -0.4 is 14.7 Å². The Hall–Kier alpha value is -6.06. The van der Waals surface area contributed by atoms with Crippen LogP contribution in [0.5, 0.6) is 0 Å². The summed E-state index contributed by atoms with van der Waals surface area (Å²) in [6.45, 7) is 0. The molecule has 7 aromatic rings. The molecule has 236 valence electrons. The molecule has 2 spiro atoms. The molecular formula is C47H33N3.